The Morgan fingerprint density at radius 3 is 2.58 bits per heavy atom. The van der Waals surface area contributed by atoms with E-state index in [0.29, 0.717) is 0 Å². The molecule has 0 aromatic heterocycles. The van der Waals surface area contributed by atoms with Gasteiger partial charge in [0.2, 0.25) is 0 Å². The number of hydrogen-bond acceptors (Lipinski definition) is 0. The Morgan fingerprint density at radius 2 is 1.82 bits per heavy atom. The van der Waals surface area contributed by atoms with E-state index in [1.54, 1.807) is 0 Å². The zero-order valence-electron chi connectivity index (χ0n) is 23.8. The van der Waals surface area contributed by atoms with Gasteiger partial charge in [-0.1, -0.05) is 145 Å². The first kappa shape index (κ1) is 27.9. The molecule has 5 rings (SSSR count). The fourth-order valence-corrected chi connectivity index (χ4v) is 7.10. The monoisotopic (exact) mass is 584 g/mol. The van der Waals surface area contributed by atoms with Gasteiger partial charge >= 0.3 is 0 Å². The van der Waals surface area contributed by atoms with Crippen LogP contribution in [0.15, 0.2) is 177 Å². The molecule has 0 fully saturated rings. The van der Waals surface area contributed by atoms with E-state index in [2.05, 4.69) is 153 Å². The highest BCUT2D eigenvalue weighted by Gasteiger charge is 2.38. The van der Waals surface area contributed by atoms with Gasteiger partial charge < -0.3 is 0 Å². The molecule has 0 amide bonds. The maximum Gasteiger partial charge on any atom is 0.0291 e. The summed E-state index contributed by atoms with van der Waals surface area (Å²) in [5, 5.41) is 0. The van der Waals surface area contributed by atoms with E-state index in [-0.39, 0.29) is 5.92 Å². The molecule has 0 saturated heterocycles. The quantitative estimate of drug-likeness (QED) is 0.291. The number of rotatable bonds is 6. The van der Waals surface area contributed by atoms with E-state index in [4.69, 9.17) is 0 Å². The Kier molecular flexibility index (Phi) is 8.82. The van der Waals surface area contributed by atoms with Crippen molar-refractivity contribution in [3.8, 4) is 0 Å². The topological polar surface area (TPSA) is 0 Å². The Labute approximate surface area is 248 Å². The lowest BCUT2D eigenvalue weighted by Crippen LogP contribution is -2.23. The van der Waals surface area contributed by atoms with Gasteiger partial charge in [0.15, 0.2) is 0 Å². The number of hydrogen-bond donors (Lipinski definition) is 0. The normalized spacial score (nSPS) is 22.2. The molecule has 0 nitrogen and oxygen atoms in total. The molecule has 1 unspecified atom stereocenters. The molecule has 1 heteroatoms. The molecule has 0 aliphatic heterocycles. The molecule has 40 heavy (non-hydrogen) atoms. The van der Waals surface area contributed by atoms with Crippen LogP contribution in [0, 0.1) is 5.92 Å². The molecule has 4 aliphatic carbocycles. The molecule has 0 N–H and O–H groups in total. The lowest BCUT2D eigenvalue weighted by Gasteiger charge is -2.39. The predicted molar refractivity (Wildman–Crippen MR) is 178 cm³/mol. The van der Waals surface area contributed by atoms with E-state index >= 15 is 0 Å². The summed E-state index contributed by atoms with van der Waals surface area (Å²) in [5.74, 6) is 0.145. The van der Waals surface area contributed by atoms with Crippen molar-refractivity contribution in [1.82, 2.24) is 0 Å². The van der Waals surface area contributed by atoms with Gasteiger partial charge in [-0.25, -0.2) is 0 Å². The third-order valence-electron chi connectivity index (χ3n) is 8.01. The van der Waals surface area contributed by atoms with Crippen LogP contribution in [-0.4, -0.2) is 0 Å². The van der Waals surface area contributed by atoms with Gasteiger partial charge in [0.25, 0.3) is 0 Å². The van der Waals surface area contributed by atoms with Gasteiger partial charge in [0, 0.05) is 10.4 Å². The van der Waals surface area contributed by atoms with E-state index in [1.165, 1.54) is 61.3 Å². The van der Waals surface area contributed by atoms with E-state index < -0.39 is 0 Å². The minimum absolute atomic E-state index is 0.145. The van der Waals surface area contributed by atoms with Gasteiger partial charge in [0.05, 0.1) is 0 Å². The fraction of sp³-hybridized carbons (Fsp3) is 0.179. The third kappa shape index (κ3) is 5.23. The summed E-state index contributed by atoms with van der Waals surface area (Å²) in [4.78, 5) is 0. The summed E-state index contributed by atoms with van der Waals surface area (Å²) in [6, 6.07) is 11.0. The van der Waals surface area contributed by atoms with Crippen molar-refractivity contribution in [2.24, 2.45) is 5.92 Å². The summed E-state index contributed by atoms with van der Waals surface area (Å²) in [5.41, 5.74) is 14.7. The van der Waals surface area contributed by atoms with Gasteiger partial charge in [-0.2, -0.15) is 0 Å². The molecule has 0 bridgehead atoms. The van der Waals surface area contributed by atoms with E-state index in [9.17, 15) is 0 Å². The Balaban J connectivity index is 1.99. The standard InChI is InChI=1S/C39H37Br/c1-5-18-30-26-34(31(7-3)35(40)19-6-2)27(4)36-37(28-20-12-8-9-13-21-28)32-24-16-11-17-25-33(32)38(39(30)36)29-22-14-10-15-23-29/h5-6,8,10-25,33H,1,7,9,26H2,2-4H3/b19-6-,30-18+,35-31+. The first-order chi connectivity index (χ1) is 19.6. The van der Waals surface area contributed by atoms with E-state index in [1.807, 2.05) is 6.08 Å². The van der Waals surface area contributed by atoms with Crippen molar-refractivity contribution in [3.63, 3.8) is 0 Å². The van der Waals surface area contributed by atoms with Crippen LogP contribution >= 0.6 is 15.9 Å². The van der Waals surface area contributed by atoms with Crippen molar-refractivity contribution in [3.05, 3.63) is 182 Å². The maximum absolute atomic E-state index is 4.15. The molecular weight excluding hydrogens is 548 g/mol. The molecule has 1 aromatic carbocycles. The van der Waals surface area contributed by atoms with Crippen molar-refractivity contribution < 1.29 is 0 Å². The Hall–Kier alpha value is -3.68. The molecule has 0 saturated carbocycles. The Bertz CT molecular complexity index is 1580. The first-order valence-electron chi connectivity index (χ1n) is 14.3. The molecule has 0 radical (unpaired) electrons. The average molecular weight is 586 g/mol. The largest absolute Gasteiger partial charge is 0.0991 e. The maximum atomic E-state index is 4.15. The predicted octanol–water partition coefficient (Wildman–Crippen LogP) is 11.3. The second-order valence-corrected chi connectivity index (χ2v) is 11.2. The smallest absolute Gasteiger partial charge is 0.0291 e. The van der Waals surface area contributed by atoms with Gasteiger partial charge in [0.1, 0.15) is 0 Å². The van der Waals surface area contributed by atoms with Crippen LogP contribution in [0.1, 0.15) is 45.6 Å². The number of benzene rings is 1. The van der Waals surface area contributed by atoms with Gasteiger partial charge in [-0.3, -0.25) is 0 Å². The van der Waals surface area contributed by atoms with Crippen molar-refractivity contribution in [2.45, 2.75) is 40.0 Å². The molecule has 0 heterocycles. The average Bonchev–Trinajstić information content (AvgIpc) is 3.39. The highest BCUT2D eigenvalue weighted by Crippen LogP contribution is 2.55. The Morgan fingerprint density at radius 1 is 1.00 bits per heavy atom. The minimum Gasteiger partial charge on any atom is -0.0991 e. The summed E-state index contributed by atoms with van der Waals surface area (Å²) >= 11 is 3.92. The van der Waals surface area contributed by atoms with Crippen LogP contribution in [0.5, 0.6) is 0 Å². The second kappa shape index (κ2) is 12.7. The van der Waals surface area contributed by atoms with Crippen molar-refractivity contribution in [2.75, 3.05) is 0 Å². The van der Waals surface area contributed by atoms with Crippen LogP contribution in [0.4, 0.5) is 0 Å². The molecule has 4 aliphatic rings. The SMILES string of the molecule is C=C/C=C1\CC(/C(CC)=C(Br)\C=C/C)=C(C)C2=C(C3=CC=CCC=C3)C3=CC=CC=CC3C(c3ccccc3)=C21. The summed E-state index contributed by atoms with van der Waals surface area (Å²) in [7, 11) is 0. The van der Waals surface area contributed by atoms with Crippen LogP contribution in [0.3, 0.4) is 0 Å². The zero-order valence-corrected chi connectivity index (χ0v) is 25.3. The van der Waals surface area contributed by atoms with Crippen LogP contribution in [-0.2, 0) is 0 Å². The summed E-state index contributed by atoms with van der Waals surface area (Å²) < 4.78 is 1.16. The molecule has 1 aromatic rings. The molecule has 1 atom stereocenters. The van der Waals surface area contributed by atoms with Crippen molar-refractivity contribution >= 4 is 21.5 Å². The molecular formula is C39H37Br. The highest BCUT2D eigenvalue weighted by atomic mass is 79.9. The summed E-state index contributed by atoms with van der Waals surface area (Å²) in [6.45, 7) is 10.8. The number of allylic oxidation sites excluding steroid dienone is 25. The van der Waals surface area contributed by atoms with Gasteiger partial charge in [-0.05, 0) is 94.4 Å². The lowest BCUT2D eigenvalue weighted by molar-refractivity contribution is 0.923. The lowest BCUT2D eigenvalue weighted by atomic mass is 9.64. The highest BCUT2D eigenvalue weighted by molar-refractivity contribution is 9.11. The second-order valence-electron chi connectivity index (χ2n) is 10.4. The summed E-state index contributed by atoms with van der Waals surface area (Å²) in [6.07, 6.45) is 33.8. The van der Waals surface area contributed by atoms with Crippen LogP contribution in [0.25, 0.3) is 5.57 Å². The fourth-order valence-electron chi connectivity index (χ4n) is 6.32. The van der Waals surface area contributed by atoms with Crippen LogP contribution in [0.2, 0.25) is 0 Å². The van der Waals surface area contributed by atoms with Crippen LogP contribution < -0.4 is 0 Å². The van der Waals surface area contributed by atoms with E-state index in [0.717, 1.165) is 23.7 Å². The van der Waals surface area contributed by atoms with Crippen molar-refractivity contribution in [1.29, 1.82) is 0 Å². The number of halogens is 1. The minimum atomic E-state index is 0.145. The van der Waals surface area contributed by atoms with Gasteiger partial charge in [-0.15, -0.1) is 0 Å². The molecule has 200 valence electrons. The molecule has 0 spiro atoms. The first-order valence-corrected chi connectivity index (χ1v) is 15.1. The third-order valence-corrected chi connectivity index (χ3v) is 8.76. The number of fused-ring (bicyclic) bond motifs is 2. The zero-order chi connectivity index (χ0) is 28.1.